The summed E-state index contributed by atoms with van der Waals surface area (Å²) < 4.78 is 44.9. The number of carbonyl (C=O) groups excluding carboxylic acids is 1. The van der Waals surface area contributed by atoms with Crippen molar-refractivity contribution in [1.29, 1.82) is 0 Å². The number of alkyl halides is 3. The van der Waals surface area contributed by atoms with Gasteiger partial charge in [0.1, 0.15) is 5.75 Å². The molecule has 8 heteroatoms. The monoisotopic (exact) mass is 401 g/mol. The molecule has 0 unspecified atom stereocenters. The van der Waals surface area contributed by atoms with E-state index in [1.165, 1.54) is 23.0 Å². The highest BCUT2D eigenvalue weighted by Gasteiger charge is 2.30. The van der Waals surface area contributed by atoms with E-state index in [2.05, 4.69) is 10.4 Å². The third-order valence-electron chi connectivity index (χ3n) is 4.04. The van der Waals surface area contributed by atoms with Crippen molar-refractivity contribution < 1.29 is 22.7 Å². The summed E-state index contributed by atoms with van der Waals surface area (Å²) in [6.07, 6.45) is 1.63. The zero-order valence-electron chi connectivity index (χ0n) is 15.5. The summed E-state index contributed by atoms with van der Waals surface area (Å²) in [5.74, 6) is 0.374. The zero-order chi connectivity index (χ0) is 20.9. The van der Waals surface area contributed by atoms with E-state index in [9.17, 15) is 18.0 Å². The fourth-order valence-corrected chi connectivity index (χ4v) is 2.62. The number of halogens is 3. The van der Waals surface area contributed by atoms with Crippen molar-refractivity contribution in [2.24, 2.45) is 0 Å². The summed E-state index contributed by atoms with van der Waals surface area (Å²) in [5.41, 5.74) is 1.03. The molecule has 0 radical (unpaired) electrons. The number of rotatable bonds is 6. The van der Waals surface area contributed by atoms with Gasteiger partial charge in [0.15, 0.2) is 0 Å². The number of aromatic nitrogens is 2. The number of nitrogens with one attached hydrogen (secondary N) is 1. The van der Waals surface area contributed by atoms with Gasteiger partial charge < -0.3 is 10.1 Å². The minimum Gasteiger partial charge on any atom is -0.497 e. The number of amides is 1. The minimum absolute atomic E-state index is 0.154. The second-order valence-electron chi connectivity index (χ2n) is 6.22. The molecule has 1 N–H and O–H groups in total. The van der Waals surface area contributed by atoms with Crippen LogP contribution in [0, 0.1) is 0 Å². The first-order chi connectivity index (χ1) is 13.8. The summed E-state index contributed by atoms with van der Waals surface area (Å²) in [5, 5.41) is 6.74. The van der Waals surface area contributed by atoms with Crippen molar-refractivity contribution in [2.75, 3.05) is 12.4 Å². The molecule has 1 heterocycles. The first-order valence-corrected chi connectivity index (χ1v) is 8.65. The average Bonchev–Trinajstić information content (AvgIpc) is 3.13. The van der Waals surface area contributed by atoms with Crippen LogP contribution in [0.2, 0.25) is 0 Å². The Morgan fingerprint density at radius 3 is 2.66 bits per heavy atom. The van der Waals surface area contributed by atoms with Gasteiger partial charge in [-0.15, -0.1) is 0 Å². The van der Waals surface area contributed by atoms with Gasteiger partial charge in [-0.3, -0.25) is 9.48 Å². The molecular formula is C21H18F3N3O2. The minimum atomic E-state index is -4.39. The van der Waals surface area contributed by atoms with E-state index >= 15 is 0 Å². The van der Waals surface area contributed by atoms with Crippen LogP contribution in [0.25, 0.3) is 6.08 Å². The van der Waals surface area contributed by atoms with Crippen LogP contribution in [-0.2, 0) is 17.5 Å². The molecule has 1 amide bonds. The normalized spacial score (nSPS) is 11.6. The van der Waals surface area contributed by atoms with E-state index in [-0.39, 0.29) is 12.5 Å². The lowest BCUT2D eigenvalue weighted by atomic mass is 10.1. The molecular weight excluding hydrogens is 383 g/mol. The lowest BCUT2D eigenvalue weighted by Crippen LogP contribution is -2.08. The first kappa shape index (κ1) is 20.2. The molecule has 1 aromatic heterocycles. The Hall–Kier alpha value is -3.55. The van der Waals surface area contributed by atoms with E-state index in [0.717, 1.165) is 23.4 Å². The lowest BCUT2D eigenvalue weighted by Gasteiger charge is -2.08. The van der Waals surface area contributed by atoms with Gasteiger partial charge in [-0.2, -0.15) is 18.3 Å². The highest BCUT2D eigenvalue weighted by atomic mass is 19.4. The van der Waals surface area contributed by atoms with Crippen molar-refractivity contribution >= 4 is 17.7 Å². The van der Waals surface area contributed by atoms with Gasteiger partial charge in [0.05, 0.1) is 31.1 Å². The third kappa shape index (κ3) is 5.71. The molecule has 0 saturated carbocycles. The van der Waals surface area contributed by atoms with Crippen molar-refractivity contribution in [2.45, 2.75) is 12.7 Å². The average molecular weight is 401 g/mol. The number of benzene rings is 2. The van der Waals surface area contributed by atoms with Crippen LogP contribution in [0.5, 0.6) is 5.75 Å². The Balaban J connectivity index is 1.59. The Labute approximate surface area is 165 Å². The maximum atomic E-state index is 12.8. The molecule has 3 aromatic rings. The SMILES string of the molecule is COc1ccc(/C=C/C(=O)Nc2cnn(Cc3cccc(C(F)(F)F)c3)c2)cc1. The molecule has 0 aliphatic carbocycles. The van der Waals surface area contributed by atoms with Crippen LogP contribution in [0.1, 0.15) is 16.7 Å². The summed E-state index contributed by atoms with van der Waals surface area (Å²) in [6.45, 7) is 0.154. The van der Waals surface area contributed by atoms with Crippen LogP contribution in [0.4, 0.5) is 18.9 Å². The smallest absolute Gasteiger partial charge is 0.416 e. The largest absolute Gasteiger partial charge is 0.497 e. The van der Waals surface area contributed by atoms with Crippen molar-refractivity contribution in [3.05, 3.63) is 83.7 Å². The fourth-order valence-electron chi connectivity index (χ4n) is 2.62. The number of nitrogens with zero attached hydrogens (tertiary/aromatic N) is 2. The van der Waals surface area contributed by atoms with E-state index in [1.54, 1.807) is 37.6 Å². The second kappa shape index (κ2) is 8.64. The summed E-state index contributed by atoms with van der Waals surface area (Å²) in [4.78, 5) is 12.0. The van der Waals surface area contributed by atoms with Crippen LogP contribution in [0.3, 0.4) is 0 Å². The van der Waals surface area contributed by atoms with Crippen molar-refractivity contribution in [3.63, 3.8) is 0 Å². The predicted molar refractivity (Wildman–Crippen MR) is 103 cm³/mol. The number of ether oxygens (including phenoxy) is 1. The van der Waals surface area contributed by atoms with E-state index in [0.29, 0.717) is 11.3 Å². The molecule has 0 saturated heterocycles. The molecule has 0 aliphatic heterocycles. The highest BCUT2D eigenvalue weighted by Crippen LogP contribution is 2.29. The van der Waals surface area contributed by atoms with E-state index < -0.39 is 11.7 Å². The number of carbonyl (C=O) groups is 1. The summed E-state index contributed by atoms with van der Waals surface area (Å²) >= 11 is 0. The molecule has 2 aromatic carbocycles. The van der Waals surface area contributed by atoms with Gasteiger partial charge >= 0.3 is 6.18 Å². The summed E-state index contributed by atoms with van der Waals surface area (Å²) in [7, 11) is 1.57. The summed E-state index contributed by atoms with van der Waals surface area (Å²) in [6, 6.07) is 12.3. The maximum Gasteiger partial charge on any atom is 0.416 e. The van der Waals surface area contributed by atoms with Gasteiger partial charge in [0, 0.05) is 12.3 Å². The Morgan fingerprint density at radius 2 is 1.97 bits per heavy atom. The van der Waals surface area contributed by atoms with Gasteiger partial charge in [0.25, 0.3) is 0 Å². The first-order valence-electron chi connectivity index (χ1n) is 8.65. The van der Waals surface area contributed by atoms with E-state index in [1.807, 2.05) is 12.1 Å². The van der Waals surface area contributed by atoms with Crippen molar-refractivity contribution in [1.82, 2.24) is 9.78 Å². The van der Waals surface area contributed by atoms with Gasteiger partial charge in [-0.05, 0) is 41.5 Å². The quantitative estimate of drug-likeness (QED) is 0.614. The molecule has 0 aliphatic rings. The number of hydrogen-bond acceptors (Lipinski definition) is 3. The molecule has 0 fully saturated rings. The van der Waals surface area contributed by atoms with Crippen LogP contribution < -0.4 is 10.1 Å². The molecule has 150 valence electrons. The Bertz CT molecular complexity index is 1010. The van der Waals surface area contributed by atoms with Gasteiger partial charge in [-0.1, -0.05) is 24.3 Å². The second-order valence-corrected chi connectivity index (χ2v) is 6.22. The predicted octanol–water partition coefficient (Wildman–Crippen LogP) is 4.61. The molecule has 5 nitrogen and oxygen atoms in total. The number of hydrogen-bond donors (Lipinski definition) is 1. The molecule has 3 rings (SSSR count). The van der Waals surface area contributed by atoms with Gasteiger partial charge in [0.2, 0.25) is 5.91 Å². The third-order valence-corrected chi connectivity index (χ3v) is 4.04. The Morgan fingerprint density at radius 1 is 1.21 bits per heavy atom. The van der Waals surface area contributed by atoms with Crippen LogP contribution >= 0.6 is 0 Å². The molecule has 0 bridgehead atoms. The number of methoxy groups -OCH3 is 1. The molecule has 0 atom stereocenters. The topological polar surface area (TPSA) is 56.1 Å². The standard InChI is InChI=1S/C21H18F3N3O2/c1-29-19-8-5-15(6-9-19)7-10-20(28)26-18-12-25-27(14-18)13-16-3-2-4-17(11-16)21(22,23)24/h2-12,14H,13H2,1H3,(H,26,28)/b10-7+. The molecule has 29 heavy (non-hydrogen) atoms. The Kier molecular flexibility index (Phi) is 6.01. The highest BCUT2D eigenvalue weighted by molar-refractivity contribution is 6.01. The van der Waals surface area contributed by atoms with Crippen LogP contribution in [-0.4, -0.2) is 22.8 Å². The molecule has 0 spiro atoms. The zero-order valence-corrected chi connectivity index (χ0v) is 15.5. The fraction of sp³-hybridized carbons (Fsp3) is 0.143. The van der Waals surface area contributed by atoms with Crippen LogP contribution in [0.15, 0.2) is 67.0 Å². The maximum absolute atomic E-state index is 12.8. The van der Waals surface area contributed by atoms with E-state index in [4.69, 9.17) is 4.74 Å². The number of anilines is 1. The lowest BCUT2D eigenvalue weighted by molar-refractivity contribution is -0.137. The van der Waals surface area contributed by atoms with Gasteiger partial charge in [-0.25, -0.2) is 0 Å². The van der Waals surface area contributed by atoms with Crippen molar-refractivity contribution in [3.8, 4) is 5.75 Å².